The molecule has 2 atom stereocenters. The molecule has 2 nitrogen and oxygen atoms in total. The van der Waals surface area contributed by atoms with Crippen LogP contribution in [0.3, 0.4) is 0 Å². The summed E-state index contributed by atoms with van der Waals surface area (Å²) < 4.78 is 12.2. The molecular weight excluding hydrogens is 211 g/mol. The van der Waals surface area contributed by atoms with Crippen molar-refractivity contribution in [3.05, 3.63) is 12.7 Å². The average Bonchev–Trinajstić information content (AvgIpc) is 2.36. The van der Waals surface area contributed by atoms with Gasteiger partial charge in [-0.15, -0.1) is 6.58 Å². The first kappa shape index (κ1) is 14.8. The number of allylic oxidation sites excluding steroid dienone is 1. The Bertz CT molecular complexity index is 268. The molecule has 1 aliphatic heterocycles. The van der Waals surface area contributed by atoms with E-state index in [0.29, 0.717) is 11.8 Å². The summed E-state index contributed by atoms with van der Waals surface area (Å²) in [6, 6.07) is 0. The molecule has 1 heterocycles. The van der Waals surface area contributed by atoms with E-state index in [1.54, 1.807) is 0 Å². The second-order valence-electron chi connectivity index (χ2n) is 6.54. The zero-order chi connectivity index (χ0) is 13.4. The monoisotopic (exact) mass is 238 g/mol. The average molecular weight is 238 g/mol. The Kier molecular flexibility index (Phi) is 4.15. The van der Waals surface area contributed by atoms with Gasteiger partial charge in [-0.25, -0.2) is 0 Å². The molecule has 0 spiro atoms. The van der Waals surface area contributed by atoms with Crippen LogP contribution in [-0.4, -0.2) is 18.3 Å². The second kappa shape index (κ2) is 4.77. The molecule has 1 fully saturated rings. The first-order chi connectivity index (χ1) is 7.62. The van der Waals surface area contributed by atoms with E-state index >= 15 is 0 Å². The quantitative estimate of drug-likeness (QED) is 0.545. The van der Waals surface area contributed by atoms with Crippen LogP contribution in [0.25, 0.3) is 0 Å². The summed E-state index contributed by atoms with van der Waals surface area (Å²) in [7, 11) is -0.171. The van der Waals surface area contributed by atoms with E-state index in [0.717, 1.165) is 0 Å². The van der Waals surface area contributed by atoms with E-state index < -0.39 is 0 Å². The van der Waals surface area contributed by atoms with Gasteiger partial charge in [0, 0.05) is 5.82 Å². The van der Waals surface area contributed by atoms with Crippen molar-refractivity contribution in [3.63, 3.8) is 0 Å². The molecular formula is C14H27BO2. The summed E-state index contributed by atoms with van der Waals surface area (Å²) in [5.74, 6) is 1.34. The fourth-order valence-corrected chi connectivity index (χ4v) is 2.06. The molecule has 0 aliphatic carbocycles. The lowest BCUT2D eigenvalue weighted by Crippen LogP contribution is -2.41. The topological polar surface area (TPSA) is 18.5 Å². The third kappa shape index (κ3) is 2.77. The Balaban J connectivity index is 2.85. The van der Waals surface area contributed by atoms with Crippen LogP contribution in [0, 0.1) is 11.8 Å². The summed E-state index contributed by atoms with van der Waals surface area (Å²) in [6.07, 6.45) is 1.98. The predicted octanol–water partition coefficient (Wildman–Crippen LogP) is 3.93. The summed E-state index contributed by atoms with van der Waals surface area (Å²) in [4.78, 5) is 0. The van der Waals surface area contributed by atoms with E-state index in [2.05, 4.69) is 55.0 Å². The molecule has 0 radical (unpaired) electrons. The number of hydrogen-bond donors (Lipinski definition) is 0. The first-order valence-corrected chi connectivity index (χ1v) is 6.60. The minimum atomic E-state index is -0.254. The molecule has 0 aromatic rings. The van der Waals surface area contributed by atoms with Gasteiger partial charge in [0.2, 0.25) is 0 Å². The lowest BCUT2D eigenvalue weighted by Gasteiger charge is -2.32. The highest BCUT2D eigenvalue weighted by Gasteiger charge is 2.54. The van der Waals surface area contributed by atoms with Crippen molar-refractivity contribution in [1.29, 1.82) is 0 Å². The van der Waals surface area contributed by atoms with Gasteiger partial charge in [0.05, 0.1) is 11.2 Å². The van der Waals surface area contributed by atoms with Crippen LogP contribution in [0.5, 0.6) is 0 Å². The fourth-order valence-electron chi connectivity index (χ4n) is 2.06. The number of rotatable bonds is 4. The molecule has 17 heavy (non-hydrogen) atoms. The molecule has 0 aromatic heterocycles. The Morgan fingerprint density at radius 3 is 1.71 bits per heavy atom. The van der Waals surface area contributed by atoms with Crippen LogP contribution in [0.15, 0.2) is 12.7 Å². The zero-order valence-electron chi connectivity index (χ0n) is 12.4. The molecule has 1 rings (SSSR count). The van der Waals surface area contributed by atoms with Crippen molar-refractivity contribution in [1.82, 2.24) is 0 Å². The van der Waals surface area contributed by atoms with E-state index in [4.69, 9.17) is 9.31 Å². The van der Waals surface area contributed by atoms with Crippen LogP contribution in [0.2, 0.25) is 5.82 Å². The first-order valence-electron chi connectivity index (χ1n) is 6.60. The molecule has 0 N–H and O–H groups in total. The van der Waals surface area contributed by atoms with Gasteiger partial charge >= 0.3 is 7.12 Å². The summed E-state index contributed by atoms with van der Waals surface area (Å²) in [5, 5.41) is 0. The van der Waals surface area contributed by atoms with Crippen LogP contribution < -0.4 is 0 Å². The molecule has 3 heteroatoms. The third-order valence-corrected chi connectivity index (χ3v) is 4.52. The molecule has 0 amide bonds. The van der Waals surface area contributed by atoms with Crippen molar-refractivity contribution in [2.45, 2.75) is 65.5 Å². The van der Waals surface area contributed by atoms with Gasteiger partial charge in [0.1, 0.15) is 0 Å². The molecule has 2 unspecified atom stereocenters. The molecule has 0 bridgehead atoms. The van der Waals surface area contributed by atoms with Gasteiger partial charge in [0.25, 0.3) is 0 Å². The molecule has 0 aromatic carbocycles. The summed E-state index contributed by atoms with van der Waals surface area (Å²) in [5.41, 5.74) is -0.509. The minimum absolute atomic E-state index is 0.171. The van der Waals surface area contributed by atoms with Gasteiger partial charge in [-0.1, -0.05) is 26.8 Å². The molecule has 1 aliphatic rings. The maximum absolute atomic E-state index is 6.09. The Labute approximate surface area is 107 Å². The van der Waals surface area contributed by atoms with Gasteiger partial charge < -0.3 is 9.31 Å². The van der Waals surface area contributed by atoms with E-state index in [-0.39, 0.29) is 24.1 Å². The lowest BCUT2D eigenvalue weighted by atomic mass is 9.63. The maximum atomic E-state index is 6.09. The van der Waals surface area contributed by atoms with E-state index in [1.807, 2.05) is 6.08 Å². The second-order valence-corrected chi connectivity index (χ2v) is 6.54. The maximum Gasteiger partial charge on any atom is 0.465 e. The van der Waals surface area contributed by atoms with Crippen molar-refractivity contribution in [3.8, 4) is 0 Å². The van der Waals surface area contributed by atoms with Gasteiger partial charge in [-0.2, -0.15) is 0 Å². The highest BCUT2D eigenvalue weighted by Crippen LogP contribution is 2.43. The minimum Gasteiger partial charge on any atom is -0.403 e. The predicted molar refractivity (Wildman–Crippen MR) is 74.0 cm³/mol. The van der Waals surface area contributed by atoms with Gasteiger partial charge in [-0.3, -0.25) is 0 Å². The Hall–Kier alpha value is -0.275. The highest BCUT2D eigenvalue weighted by atomic mass is 16.7. The Morgan fingerprint density at radius 1 is 1.00 bits per heavy atom. The van der Waals surface area contributed by atoms with Gasteiger partial charge in [-0.05, 0) is 39.5 Å². The summed E-state index contributed by atoms with van der Waals surface area (Å²) in [6.45, 7) is 19.0. The van der Waals surface area contributed by atoms with Crippen molar-refractivity contribution in [2.75, 3.05) is 0 Å². The standard InChI is InChI=1S/C14H27BO2/c1-9-12(11(4)10(2)3)15-16-13(5,6)14(7,8)17-15/h9-12H,1H2,2-8H3. The van der Waals surface area contributed by atoms with Crippen LogP contribution >= 0.6 is 0 Å². The van der Waals surface area contributed by atoms with Crippen molar-refractivity contribution in [2.24, 2.45) is 11.8 Å². The van der Waals surface area contributed by atoms with E-state index in [9.17, 15) is 0 Å². The highest BCUT2D eigenvalue weighted by molar-refractivity contribution is 6.48. The lowest BCUT2D eigenvalue weighted by molar-refractivity contribution is 0.00578. The molecule has 0 saturated carbocycles. The zero-order valence-corrected chi connectivity index (χ0v) is 12.4. The SMILES string of the molecule is C=CC(B1OC(C)(C)C(C)(C)O1)C(C)C(C)C. The smallest absolute Gasteiger partial charge is 0.403 e. The normalized spacial score (nSPS) is 26.0. The number of hydrogen-bond acceptors (Lipinski definition) is 2. The fraction of sp³-hybridized carbons (Fsp3) is 0.857. The van der Waals surface area contributed by atoms with Gasteiger partial charge in [0.15, 0.2) is 0 Å². The largest absolute Gasteiger partial charge is 0.465 e. The van der Waals surface area contributed by atoms with Crippen LogP contribution in [-0.2, 0) is 9.31 Å². The van der Waals surface area contributed by atoms with E-state index in [1.165, 1.54) is 0 Å². The van der Waals surface area contributed by atoms with Crippen LogP contribution in [0.1, 0.15) is 48.5 Å². The third-order valence-electron chi connectivity index (χ3n) is 4.52. The summed E-state index contributed by atoms with van der Waals surface area (Å²) >= 11 is 0. The molecule has 98 valence electrons. The van der Waals surface area contributed by atoms with Crippen LogP contribution in [0.4, 0.5) is 0 Å². The van der Waals surface area contributed by atoms with Crippen molar-refractivity contribution < 1.29 is 9.31 Å². The molecule has 1 saturated heterocycles. The Morgan fingerprint density at radius 2 is 1.41 bits per heavy atom. The van der Waals surface area contributed by atoms with Crippen molar-refractivity contribution >= 4 is 7.12 Å².